The van der Waals surface area contributed by atoms with Gasteiger partial charge in [-0.25, -0.2) is 4.98 Å². The first kappa shape index (κ1) is 17.9. The van der Waals surface area contributed by atoms with Gasteiger partial charge in [0, 0.05) is 10.9 Å². The number of carboxylic acid groups (broad SMARTS) is 1. The number of anilines is 1. The minimum absolute atomic E-state index is 0.327. The first-order valence-corrected chi connectivity index (χ1v) is 9.19. The summed E-state index contributed by atoms with van der Waals surface area (Å²) in [6.07, 6.45) is 4.41. The highest BCUT2D eigenvalue weighted by molar-refractivity contribution is 7.14. The number of amides is 1. The summed E-state index contributed by atoms with van der Waals surface area (Å²) in [6.45, 7) is 0. The van der Waals surface area contributed by atoms with Gasteiger partial charge in [0.1, 0.15) is 0 Å². The van der Waals surface area contributed by atoms with Gasteiger partial charge in [-0.3, -0.25) is 9.59 Å². The van der Waals surface area contributed by atoms with E-state index < -0.39 is 17.8 Å². The Morgan fingerprint density at radius 2 is 1.88 bits per heavy atom. The molecule has 0 spiro atoms. The molecule has 1 aliphatic carbocycles. The third-order valence-electron chi connectivity index (χ3n) is 4.04. The lowest BCUT2D eigenvalue weighted by molar-refractivity contribution is -0.146. The van der Waals surface area contributed by atoms with E-state index in [0.717, 1.165) is 5.56 Å². The molecule has 0 aliphatic heterocycles. The Balaban J connectivity index is 1.74. The van der Waals surface area contributed by atoms with Crippen molar-refractivity contribution >= 4 is 51.5 Å². The van der Waals surface area contributed by atoms with E-state index in [1.54, 1.807) is 29.7 Å². The van der Waals surface area contributed by atoms with Crippen LogP contribution in [0.2, 0.25) is 10.0 Å². The molecule has 1 aromatic carbocycles. The third kappa shape index (κ3) is 4.03. The average molecular weight is 397 g/mol. The van der Waals surface area contributed by atoms with Gasteiger partial charge in [-0.2, -0.15) is 0 Å². The minimum Gasteiger partial charge on any atom is -0.481 e. The number of carboxylic acids is 1. The Bertz CT molecular complexity index is 850. The van der Waals surface area contributed by atoms with Crippen molar-refractivity contribution in [1.29, 1.82) is 0 Å². The van der Waals surface area contributed by atoms with E-state index >= 15 is 0 Å². The number of hydrogen-bond donors (Lipinski definition) is 2. The van der Waals surface area contributed by atoms with E-state index in [1.165, 1.54) is 11.3 Å². The SMILES string of the molecule is O=C(O)[C@H]1CC=CC[C@H]1C(=O)Nc1nc(-c2ccc(Cl)c(Cl)c2)cs1. The molecule has 1 heterocycles. The van der Waals surface area contributed by atoms with E-state index in [4.69, 9.17) is 23.2 Å². The zero-order chi connectivity index (χ0) is 18.0. The average Bonchev–Trinajstić information content (AvgIpc) is 3.05. The van der Waals surface area contributed by atoms with E-state index in [1.807, 2.05) is 6.08 Å². The molecule has 25 heavy (non-hydrogen) atoms. The number of hydrogen-bond acceptors (Lipinski definition) is 4. The van der Waals surface area contributed by atoms with Gasteiger partial charge >= 0.3 is 5.97 Å². The molecule has 0 fully saturated rings. The van der Waals surface area contributed by atoms with Crippen LogP contribution in [0.4, 0.5) is 5.13 Å². The number of carbonyl (C=O) groups excluding carboxylic acids is 1. The Morgan fingerprint density at radius 1 is 1.16 bits per heavy atom. The number of aliphatic carboxylic acids is 1. The van der Waals surface area contributed by atoms with E-state index in [9.17, 15) is 14.7 Å². The van der Waals surface area contributed by atoms with Crippen LogP contribution in [-0.2, 0) is 9.59 Å². The van der Waals surface area contributed by atoms with Gasteiger partial charge in [-0.15, -0.1) is 11.3 Å². The number of carbonyl (C=O) groups is 2. The van der Waals surface area contributed by atoms with Crippen molar-refractivity contribution in [3.05, 3.63) is 45.8 Å². The second-order valence-corrected chi connectivity index (χ2v) is 7.32. The molecular weight excluding hydrogens is 383 g/mol. The Morgan fingerprint density at radius 3 is 2.56 bits per heavy atom. The number of nitrogens with zero attached hydrogens (tertiary/aromatic N) is 1. The lowest BCUT2D eigenvalue weighted by Crippen LogP contribution is -2.34. The lowest BCUT2D eigenvalue weighted by atomic mass is 9.82. The van der Waals surface area contributed by atoms with Gasteiger partial charge in [0.25, 0.3) is 0 Å². The highest BCUT2D eigenvalue weighted by Crippen LogP contribution is 2.32. The molecule has 0 bridgehead atoms. The van der Waals surface area contributed by atoms with Crippen LogP contribution < -0.4 is 5.32 Å². The first-order chi connectivity index (χ1) is 12.0. The number of benzene rings is 1. The molecule has 1 aliphatic rings. The molecular formula is C17H14Cl2N2O3S. The summed E-state index contributed by atoms with van der Waals surface area (Å²) in [5.74, 6) is -2.59. The van der Waals surface area contributed by atoms with Crippen LogP contribution in [-0.4, -0.2) is 22.0 Å². The largest absolute Gasteiger partial charge is 0.481 e. The number of halogens is 2. The summed E-state index contributed by atoms with van der Waals surface area (Å²) in [4.78, 5) is 28.1. The number of aromatic nitrogens is 1. The molecule has 8 heteroatoms. The van der Waals surface area contributed by atoms with Gasteiger partial charge in [-0.1, -0.05) is 41.4 Å². The van der Waals surface area contributed by atoms with Gasteiger partial charge in [0.05, 0.1) is 27.6 Å². The van der Waals surface area contributed by atoms with Gasteiger partial charge in [0.15, 0.2) is 5.13 Å². The molecule has 0 radical (unpaired) electrons. The fourth-order valence-corrected chi connectivity index (χ4v) is 3.71. The third-order valence-corrected chi connectivity index (χ3v) is 5.53. The smallest absolute Gasteiger partial charge is 0.307 e. The van der Waals surface area contributed by atoms with Crippen molar-refractivity contribution in [3.63, 3.8) is 0 Å². The fourth-order valence-electron chi connectivity index (χ4n) is 2.69. The molecule has 0 saturated heterocycles. The van der Waals surface area contributed by atoms with Crippen molar-refractivity contribution in [2.45, 2.75) is 12.8 Å². The standard InChI is InChI=1S/C17H14Cl2N2O3S/c18-12-6-5-9(7-13(12)19)14-8-25-17(20-14)21-15(22)10-3-1-2-4-11(10)16(23)24/h1-2,5-8,10-11H,3-4H2,(H,23,24)(H,20,21,22)/t10-,11+/m1/s1. The van der Waals surface area contributed by atoms with Gasteiger partial charge < -0.3 is 10.4 Å². The molecule has 5 nitrogen and oxygen atoms in total. The van der Waals surface area contributed by atoms with Crippen LogP contribution in [0.1, 0.15) is 12.8 Å². The summed E-state index contributed by atoms with van der Waals surface area (Å²) in [5, 5.41) is 15.1. The minimum atomic E-state index is -0.958. The normalized spacial score (nSPS) is 19.6. The van der Waals surface area contributed by atoms with Crippen LogP contribution in [0.15, 0.2) is 35.7 Å². The Hall–Kier alpha value is -1.89. The molecule has 1 amide bonds. The molecule has 2 atom stereocenters. The van der Waals surface area contributed by atoms with E-state index in [2.05, 4.69) is 10.3 Å². The molecule has 0 unspecified atom stereocenters. The topological polar surface area (TPSA) is 79.3 Å². The van der Waals surface area contributed by atoms with Crippen molar-refractivity contribution < 1.29 is 14.7 Å². The Kier molecular flexibility index (Phi) is 5.42. The summed E-state index contributed by atoms with van der Waals surface area (Å²) < 4.78 is 0. The van der Waals surface area contributed by atoms with Crippen LogP contribution in [0, 0.1) is 11.8 Å². The maximum Gasteiger partial charge on any atom is 0.307 e. The number of thiazole rings is 1. The second-order valence-electron chi connectivity index (χ2n) is 5.65. The maximum absolute atomic E-state index is 12.4. The van der Waals surface area contributed by atoms with Gasteiger partial charge in [-0.05, 0) is 25.0 Å². The molecule has 3 rings (SSSR count). The lowest BCUT2D eigenvalue weighted by Gasteiger charge is -2.23. The second kappa shape index (κ2) is 7.56. The Labute approximate surface area is 158 Å². The van der Waals surface area contributed by atoms with Crippen LogP contribution in [0.25, 0.3) is 11.3 Å². The number of allylic oxidation sites excluding steroid dienone is 2. The van der Waals surface area contributed by atoms with Crippen LogP contribution in [0.5, 0.6) is 0 Å². The zero-order valence-corrected chi connectivity index (χ0v) is 15.2. The van der Waals surface area contributed by atoms with E-state index in [-0.39, 0.29) is 5.91 Å². The monoisotopic (exact) mass is 396 g/mol. The highest BCUT2D eigenvalue weighted by atomic mass is 35.5. The summed E-state index contributed by atoms with van der Waals surface area (Å²) in [6, 6.07) is 5.18. The highest BCUT2D eigenvalue weighted by Gasteiger charge is 2.34. The van der Waals surface area contributed by atoms with Crippen molar-refractivity contribution in [2.75, 3.05) is 5.32 Å². The summed E-state index contributed by atoms with van der Waals surface area (Å²) >= 11 is 13.2. The molecule has 130 valence electrons. The summed E-state index contributed by atoms with van der Waals surface area (Å²) in [7, 11) is 0. The number of rotatable bonds is 4. The first-order valence-electron chi connectivity index (χ1n) is 7.55. The van der Waals surface area contributed by atoms with Crippen LogP contribution in [0.3, 0.4) is 0 Å². The zero-order valence-electron chi connectivity index (χ0n) is 12.9. The molecule has 2 N–H and O–H groups in total. The summed E-state index contributed by atoms with van der Waals surface area (Å²) in [5.41, 5.74) is 1.45. The maximum atomic E-state index is 12.4. The quantitative estimate of drug-likeness (QED) is 0.732. The van der Waals surface area contributed by atoms with Crippen molar-refractivity contribution in [3.8, 4) is 11.3 Å². The predicted octanol–water partition coefficient (Wildman–Crippen LogP) is 4.72. The molecule has 0 saturated carbocycles. The van der Waals surface area contributed by atoms with E-state index in [0.29, 0.717) is 33.7 Å². The van der Waals surface area contributed by atoms with Crippen molar-refractivity contribution in [2.24, 2.45) is 11.8 Å². The molecule has 1 aromatic heterocycles. The fraction of sp³-hybridized carbons (Fsp3) is 0.235. The molecule has 2 aromatic rings. The van der Waals surface area contributed by atoms with Crippen LogP contribution >= 0.6 is 34.5 Å². The number of nitrogens with one attached hydrogen (secondary N) is 1. The van der Waals surface area contributed by atoms with Gasteiger partial charge in [0.2, 0.25) is 5.91 Å². The predicted molar refractivity (Wildman–Crippen MR) is 99.2 cm³/mol. The van der Waals surface area contributed by atoms with Crippen molar-refractivity contribution in [1.82, 2.24) is 4.98 Å².